The smallest absolute Gasteiger partial charge is 0.265 e. The molecule has 0 radical (unpaired) electrons. The van der Waals surface area contributed by atoms with Crippen LogP contribution in [0.5, 0.6) is 5.75 Å². The topological polar surface area (TPSA) is 95.9 Å². The summed E-state index contributed by atoms with van der Waals surface area (Å²) >= 11 is 0. The van der Waals surface area contributed by atoms with E-state index in [0.717, 1.165) is 12.8 Å². The first-order valence-electron chi connectivity index (χ1n) is 10.7. The van der Waals surface area contributed by atoms with Gasteiger partial charge in [0.1, 0.15) is 5.75 Å². The Balaban J connectivity index is 1.81. The molecule has 3 rings (SSSR count). The highest BCUT2D eigenvalue weighted by molar-refractivity contribution is 7.93. The number of ether oxygens (including phenoxy) is 1. The van der Waals surface area contributed by atoms with E-state index in [4.69, 9.17) is 4.74 Å². The van der Waals surface area contributed by atoms with Crippen molar-refractivity contribution in [2.24, 2.45) is 0 Å². The zero-order valence-corrected chi connectivity index (χ0v) is 18.9. The summed E-state index contributed by atoms with van der Waals surface area (Å²) in [7, 11) is -4.17. The molecule has 1 amide bonds. The van der Waals surface area contributed by atoms with Gasteiger partial charge in [-0.3, -0.25) is 14.9 Å². The lowest BCUT2D eigenvalue weighted by molar-refractivity contribution is -0.133. The molecule has 2 N–H and O–H groups in total. The summed E-state index contributed by atoms with van der Waals surface area (Å²) in [6.07, 6.45) is 0.155. The number of unbranched alkanes of at least 4 members (excludes halogenated alkanes) is 1. The van der Waals surface area contributed by atoms with Gasteiger partial charge in [-0.1, -0.05) is 43.7 Å². The number of carbonyl (C=O) groups is 1. The van der Waals surface area contributed by atoms with Crippen LogP contribution in [0.3, 0.4) is 0 Å². The maximum Gasteiger partial charge on any atom is 0.265 e. The first-order valence-corrected chi connectivity index (χ1v) is 12.2. The molecule has 0 aliphatic carbocycles. The summed E-state index contributed by atoms with van der Waals surface area (Å²) in [6.45, 7) is 2.66. The van der Waals surface area contributed by atoms with E-state index >= 15 is 0 Å². The number of likely N-dealkylation sites (tertiary alicyclic amines) is 1. The quantitative estimate of drug-likeness (QED) is 0.255. The number of hydrogen-bond acceptors (Lipinski definition) is 6. The number of nitrogens with zero attached hydrogens (tertiary/aromatic N) is 1. The summed E-state index contributed by atoms with van der Waals surface area (Å²) < 4.78 is 45.6. The number of sulfone groups is 1. The van der Waals surface area contributed by atoms with Crippen LogP contribution in [0.1, 0.15) is 44.5 Å². The van der Waals surface area contributed by atoms with E-state index in [9.17, 15) is 22.8 Å². The highest BCUT2D eigenvalue weighted by Gasteiger charge is 2.53. The molecule has 174 valence electrons. The minimum absolute atomic E-state index is 0.0426. The molecule has 0 aromatic heterocycles. The maximum absolute atomic E-state index is 15.0. The van der Waals surface area contributed by atoms with Crippen molar-refractivity contribution in [3.63, 3.8) is 0 Å². The Kier molecular flexibility index (Phi) is 7.86. The lowest BCUT2D eigenvalue weighted by atomic mass is 9.94. The molecular weight excluding hydrogens is 435 g/mol. The lowest BCUT2D eigenvalue weighted by Gasteiger charge is -2.40. The second-order valence-electron chi connectivity index (χ2n) is 7.89. The lowest BCUT2D eigenvalue weighted by Crippen LogP contribution is -2.57. The second-order valence-corrected chi connectivity index (χ2v) is 10.2. The molecule has 0 spiro atoms. The minimum Gasteiger partial charge on any atom is -0.494 e. The SMILES string of the molecule is CCCCOc1ccc(S(=O)(=O)C2(C(=O)NO)CCN(C(F)c3ccccc3)CC2)cc1. The fourth-order valence-corrected chi connectivity index (χ4v) is 5.88. The first kappa shape index (κ1) is 24.2. The normalized spacial score (nSPS) is 17.5. The maximum atomic E-state index is 15.0. The Morgan fingerprint density at radius 3 is 2.34 bits per heavy atom. The summed E-state index contributed by atoms with van der Waals surface area (Å²) in [4.78, 5) is 14.1. The highest BCUT2D eigenvalue weighted by Crippen LogP contribution is 2.38. The Morgan fingerprint density at radius 2 is 1.78 bits per heavy atom. The number of piperidine rings is 1. The van der Waals surface area contributed by atoms with E-state index < -0.39 is 26.8 Å². The number of rotatable bonds is 9. The van der Waals surface area contributed by atoms with Crippen molar-refractivity contribution in [2.45, 2.75) is 48.5 Å². The number of hydroxylamine groups is 1. The number of carbonyl (C=O) groups excluding carboxylic acids is 1. The molecule has 9 heteroatoms. The Labute approximate surface area is 188 Å². The van der Waals surface area contributed by atoms with Gasteiger partial charge in [0.05, 0.1) is 11.5 Å². The standard InChI is InChI=1S/C23H29FN2O5S/c1-2-3-17-31-19-9-11-20(12-10-19)32(29,30)23(22(27)25-28)13-15-26(16-14-23)21(24)18-7-5-4-6-8-18/h4-12,21,28H,2-3,13-17H2,1H3,(H,25,27). The van der Waals surface area contributed by atoms with Crippen molar-refractivity contribution in [2.75, 3.05) is 19.7 Å². The molecule has 1 atom stereocenters. The summed E-state index contributed by atoms with van der Waals surface area (Å²) in [5.74, 6) is -0.466. The summed E-state index contributed by atoms with van der Waals surface area (Å²) in [6, 6.07) is 14.5. The van der Waals surface area contributed by atoms with Gasteiger partial charge in [-0.2, -0.15) is 0 Å². The van der Waals surface area contributed by atoms with Crippen LogP contribution in [-0.4, -0.2) is 48.9 Å². The molecule has 0 bridgehead atoms. The number of benzene rings is 2. The largest absolute Gasteiger partial charge is 0.494 e. The van der Waals surface area contributed by atoms with Gasteiger partial charge < -0.3 is 4.74 Å². The van der Waals surface area contributed by atoms with Crippen LogP contribution in [0.2, 0.25) is 0 Å². The molecule has 32 heavy (non-hydrogen) atoms. The van der Waals surface area contributed by atoms with Gasteiger partial charge in [0.2, 0.25) is 0 Å². The van der Waals surface area contributed by atoms with Gasteiger partial charge in [0, 0.05) is 18.7 Å². The van der Waals surface area contributed by atoms with Crippen LogP contribution in [0.4, 0.5) is 4.39 Å². The number of hydrogen-bond donors (Lipinski definition) is 2. The van der Waals surface area contributed by atoms with Crippen molar-refractivity contribution >= 4 is 15.7 Å². The average molecular weight is 465 g/mol. The molecule has 2 aromatic rings. The van der Waals surface area contributed by atoms with Gasteiger partial charge in [-0.05, 0) is 43.5 Å². The summed E-state index contributed by atoms with van der Waals surface area (Å²) in [5.41, 5.74) is 1.98. The Morgan fingerprint density at radius 1 is 1.16 bits per heavy atom. The molecule has 1 fully saturated rings. The molecule has 1 aliphatic heterocycles. The van der Waals surface area contributed by atoms with Gasteiger partial charge in [0.15, 0.2) is 20.9 Å². The molecule has 1 saturated heterocycles. The molecule has 0 saturated carbocycles. The number of amides is 1. The Bertz CT molecular complexity index is 991. The number of alkyl halides is 1. The van der Waals surface area contributed by atoms with Gasteiger partial charge in [-0.25, -0.2) is 18.3 Å². The zero-order chi connectivity index (χ0) is 23.2. The van der Waals surface area contributed by atoms with Crippen LogP contribution in [-0.2, 0) is 14.6 Å². The molecule has 1 aliphatic rings. The van der Waals surface area contributed by atoms with Crippen LogP contribution in [0.15, 0.2) is 59.5 Å². The Hall–Kier alpha value is -2.49. The van der Waals surface area contributed by atoms with Crippen LogP contribution in [0, 0.1) is 0 Å². The highest BCUT2D eigenvalue weighted by atomic mass is 32.2. The fourth-order valence-electron chi connectivity index (χ4n) is 3.93. The third-order valence-corrected chi connectivity index (χ3v) is 8.45. The molecule has 2 aromatic carbocycles. The third kappa shape index (κ3) is 4.79. The summed E-state index contributed by atoms with van der Waals surface area (Å²) in [5, 5.41) is 9.31. The molecule has 7 nitrogen and oxygen atoms in total. The zero-order valence-electron chi connectivity index (χ0n) is 18.0. The van der Waals surface area contributed by atoms with E-state index in [1.807, 2.05) is 6.92 Å². The third-order valence-electron chi connectivity index (χ3n) is 5.93. The van der Waals surface area contributed by atoms with E-state index in [2.05, 4.69) is 0 Å². The van der Waals surface area contributed by atoms with Gasteiger partial charge in [-0.15, -0.1) is 0 Å². The van der Waals surface area contributed by atoms with Crippen LogP contribution < -0.4 is 10.2 Å². The molecule has 1 heterocycles. The second kappa shape index (κ2) is 10.4. The van der Waals surface area contributed by atoms with Crippen molar-refractivity contribution in [3.8, 4) is 5.75 Å². The van der Waals surface area contributed by atoms with E-state index in [1.54, 1.807) is 42.5 Å². The first-order chi connectivity index (χ1) is 15.4. The monoisotopic (exact) mass is 464 g/mol. The van der Waals surface area contributed by atoms with E-state index in [-0.39, 0.29) is 30.8 Å². The number of nitrogens with one attached hydrogen (secondary N) is 1. The predicted octanol–water partition coefficient (Wildman–Crippen LogP) is 3.65. The fraction of sp³-hybridized carbons (Fsp3) is 0.435. The van der Waals surface area contributed by atoms with Crippen LogP contribution >= 0.6 is 0 Å². The number of halogens is 1. The minimum atomic E-state index is -4.17. The molecule has 1 unspecified atom stereocenters. The van der Waals surface area contributed by atoms with Crippen molar-refractivity contribution < 1.29 is 27.5 Å². The predicted molar refractivity (Wildman–Crippen MR) is 118 cm³/mol. The van der Waals surface area contributed by atoms with Crippen molar-refractivity contribution in [1.29, 1.82) is 0 Å². The van der Waals surface area contributed by atoms with Crippen molar-refractivity contribution in [3.05, 3.63) is 60.2 Å². The van der Waals surface area contributed by atoms with E-state index in [0.29, 0.717) is 17.9 Å². The van der Waals surface area contributed by atoms with Crippen molar-refractivity contribution in [1.82, 2.24) is 10.4 Å². The van der Waals surface area contributed by atoms with Crippen LogP contribution in [0.25, 0.3) is 0 Å². The van der Waals surface area contributed by atoms with E-state index in [1.165, 1.54) is 22.5 Å². The van der Waals surface area contributed by atoms with Gasteiger partial charge >= 0.3 is 0 Å². The molecular formula is C23H29FN2O5S. The average Bonchev–Trinajstić information content (AvgIpc) is 2.84. The van der Waals surface area contributed by atoms with Gasteiger partial charge in [0.25, 0.3) is 5.91 Å².